The van der Waals surface area contributed by atoms with Gasteiger partial charge in [-0.3, -0.25) is 9.59 Å². The van der Waals surface area contributed by atoms with Crippen LogP contribution in [-0.2, 0) is 19.1 Å². The first kappa shape index (κ1) is 29.3. The maximum atomic E-state index is 13.6. The molecule has 0 aliphatic carbocycles. The lowest BCUT2D eigenvalue weighted by molar-refractivity contribution is -0.141. The number of benzene rings is 4. The molecule has 0 saturated carbocycles. The number of nitrogens with zero attached hydrogens (tertiary/aromatic N) is 1. The Balaban J connectivity index is 1.42. The van der Waals surface area contributed by atoms with E-state index in [9.17, 15) is 14.4 Å². The van der Waals surface area contributed by atoms with Gasteiger partial charge in [-0.05, 0) is 54.8 Å². The zero-order valence-corrected chi connectivity index (χ0v) is 24.2. The Kier molecular flexibility index (Phi) is 9.32. The molecule has 218 valence electrons. The Morgan fingerprint density at radius 1 is 0.837 bits per heavy atom. The normalized spacial score (nSPS) is 14.9. The number of carbonyl (C=O) groups is 3. The minimum Gasteiger partial charge on any atom is -0.463 e. The lowest BCUT2D eigenvalue weighted by Gasteiger charge is -2.34. The highest BCUT2D eigenvalue weighted by atomic mass is 16.5. The molecule has 1 heterocycles. The van der Waals surface area contributed by atoms with E-state index < -0.39 is 17.9 Å². The fourth-order valence-corrected chi connectivity index (χ4v) is 5.38. The number of amides is 2. The molecule has 7 heteroatoms. The van der Waals surface area contributed by atoms with Crippen LogP contribution in [0.1, 0.15) is 48.9 Å². The number of rotatable bonds is 10. The van der Waals surface area contributed by atoms with Crippen LogP contribution in [0.4, 0.5) is 0 Å². The lowest BCUT2D eigenvalue weighted by Crippen LogP contribution is -2.45. The van der Waals surface area contributed by atoms with Crippen LogP contribution in [0.5, 0.6) is 11.5 Å². The molecule has 1 unspecified atom stereocenters. The van der Waals surface area contributed by atoms with Crippen LogP contribution in [0, 0.1) is 0 Å². The van der Waals surface area contributed by atoms with E-state index in [1.54, 1.807) is 13.8 Å². The highest BCUT2D eigenvalue weighted by Gasteiger charge is 2.38. The van der Waals surface area contributed by atoms with Crippen molar-refractivity contribution in [1.29, 1.82) is 0 Å². The SMILES string of the molecule is CCOC(=O)C1=C(C)N(CC(=O)NC(c2ccccc2)c2ccccc2)C(=O)CC1c1cccc(Oc2ccccc2)c1. The van der Waals surface area contributed by atoms with Crippen LogP contribution in [0.25, 0.3) is 0 Å². The summed E-state index contributed by atoms with van der Waals surface area (Å²) in [6.07, 6.45) is 0.00829. The molecular weight excluding hydrogens is 540 g/mol. The van der Waals surface area contributed by atoms with Gasteiger partial charge < -0.3 is 19.7 Å². The average Bonchev–Trinajstić information content (AvgIpc) is 3.03. The highest BCUT2D eigenvalue weighted by Crippen LogP contribution is 2.38. The summed E-state index contributed by atoms with van der Waals surface area (Å²) in [4.78, 5) is 41.7. The van der Waals surface area contributed by atoms with E-state index in [2.05, 4.69) is 5.32 Å². The van der Waals surface area contributed by atoms with Gasteiger partial charge in [0.15, 0.2) is 0 Å². The third kappa shape index (κ3) is 7.01. The number of allylic oxidation sites excluding steroid dienone is 1. The van der Waals surface area contributed by atoms with Crippen LogP contribution in [-0.4, -0.2) is 35.8 Å². The van der Waals surface area contributed by atoms with Gasteiger partial charge in [0.1, 0.15) is 18.0 Å². The van der Waals surface area contributed by atoms with Gasteiger partial charge in [0.05, 0.1) is 18.2 Å². The predicted octanol–water partition coefficient (Wildman–Crippen LogP) is 6.54. The molecule has 0 radical (unpaired) electrons. The molecule has 1 aliphatic rings. The summed E-state index contributed by atoms with van der Waals surface area (Å²) in [5.74, 6) is -0.387. The molecule has 1 aliphatic heterocycles. The molecule has 1 atom stereocenters. The van der Waals surface area contributed by atoms with Gasteiger partial charge in [0, 0.05) is 18.0 Å². The topological polar surface area (TPSA) is 84.9 Å². The van der Waals surface area contributed by atoms with Gasteiger partial charge in [0.25, 0.3) is 0 Å². The summed E-state index contributed by atoms with van der Waals surface area (Å²) in [5, 5.41) is 3.09. The van der Waals surface area contributed by atoms with Crippen LogP contribution in [0.2, 0.25) is 0 Å². The standard InChI is InChI=1S/C36H34N2O5/c1-3-42-36(41)34-25(2)38(24-32(39)37-35(26-14-7-4-8-15-26)27-16-9-5-10-17-27)33(40)23-31(34)28-18-13-21-30(22-28)43-29-19-11-6-12-20-29/h4-22,31,35H,3,23-24H2,1-2H3,(H,37,39). The summed E-state index contributed by atoms with van der Waals surface area (Å²) < 4.78 is 11.4. The van der Waals surface area contributed by atoms with Crippen LogP contribution in [0.3, 0.4) is 0 Å². The minimum absolute atomic E-state index is 0.00829. The molecule has 4 aromatic carbocycles. The monoisotopic (exact) mass is 574 g/mol. The number of ether oxygens (including phenoxy) is 2. The van der Waals surface area contributed by atoms with Crippen LogP contribution >= 0.6 is 0 Å². The first-order valence-electron chi connectivity index (χ1n) is 14.3. The fraction of sp³-hybridized carbons (Fsp3) is 0.194. The lowest BCUT2D eigenvalue weighted by atomic mass is 9.83. The third-order valence-corrected chi connectivity index (χ3v) is 7.43. The van der Waals surface area contributed by atoms with E-state index in [4.69, 9.17) is 9.47 Å². The summed E-state index contributed by atoms with van der Waals surface area (Å²) >= 11 is 0. The molecular formula is C36H34N2O5. The van der Waals surface area contributed by atoms with Gasteiger partial charge >= 0.3 is 5.97 Å². The van der Waals surface area contributed by atoms with Crippen LogP contribution < -0.4 is 10.1 Å². The molecule has 0 aromatic heterocycles. The summed E-state index contributed by atoms with van der Waals surface area (Å²) in [6.45, 7) is 3.39. The zero-order valence-electron chi connectivity index (χ0n) is 24.2. The van der Waals surface area contributed by atoms with Crippen molar-refractivity contribution in [2.24, 2.45) is 0 Å². The first-order valence-corrected chi connectivity index (χ1v) is 14.3. The van der Waals surface area contributed by atoms with Crippen molar-refractivity contribution in [3.63, 3.8) is 0 Å². The molecule has 0 fully saturated rings. The predicted molar refractivity (Wildman–Crippen MR) is 164 cm³/mol. The number of carbonyl (C=O) groups excluding carboxylic acids is 3. The summed E-state index contributed by atoms with van der Waals surface area (Å²) in [6, 6.07) is 35.7. The Bertz CT molecular complexity index is 1560. The molecule has 2 amide bonds. The van der Waals surface area contributed by atoms with Gasteiger partial charge in [-0.2, -0.15) is 0 Å². The third-order valence-electron chi connectivity index (χ3n) is 7.43. The van der Waals surface area contributed by atoms with Gasteiger partial charge in [-0.1, -0.05) is 91.0 Å². The zero-order chi connectivity index (χ0) is 30.2. The number of esters is 1. The first-order chi connectivity index (χ1) is 20.9. The van der Waals surface area contributed by atoms with Crippen molar-refractivity contribution in [1.82, 2.24) is 10.2 Å². The van der Waals surface area contributed by atoms with Gasteiger partial charge in [-0.15, -0.1) is 0 Å². The largest absolute Gasteiger partial charge is 0.463 e. The summed E-state index contributed by atoms with van der Waals surface area (Å²) in [5.41, 5.74) is 3.35. The van der Waals surface area contributed by atoms with E-state index in [-0.39, 0.29) is 31.4 Å². The number of para-hydroxylation sites is 1. The summed E-state index contributed by atoms with van der Waals surface area (Å²) in [7, 11) is 0. The van der Waals surface area contributed by atoms with Crippen molar-refractivity contribution in [2.45, 2.75) is 32.2 Å². The second kappa shape index (κ2) is 13.7. The molecule has 0 bridgehead atoms. The highest BCUT2D eigenvalue weighted by molar-refractivity contribution is 5.97. The van der Waals surface area contributed by atoms with Crippen molar-refractivity contribution in [3.05, 3.63) is 143 Å². The van der Waals surface area contributed by atoms with E-state index in [1.165, 1.54) is 4.90 Å². The van der Waals surface area contributed by atoms with Crippen molar-refractivity contribution in [2.75, 3.05) is 13.2 Å². The fourth-order valence-electron chi connectivity index (χ4n) is 5.38. The van der Waals surface area contributed by atoms with Gasteiger partial charge in [-0.25, -0.2) is 4.79 Å². The Labute approximate surface area is 251 Å². The molecule has 5 rings (SSSR count). The number of hydrogen-bond acceptors (Lipinski definition) is 5. The molecule has 7 nitrogen and oxygen atoms in total. The van der Waals surface area contributed by atoms with Crippen molar-refractivity contribution in [3.8, 4) is 11.5 Å². The molecule has 1 N–H and O–H groups in total. The van der Waals surface area contributed by atoms with Crippen LogP contribution in [0.15, 0.2) is 127 Å². The maximum absolute atomic E-state index is 13.6. The Morgan fingerprint density at radius 2 is 1.42 bits per heavy atom. The Hall–Kier alpha value is -5.17. The second-order valence-electron chi connectivity index (χ2n) is 10.3. The molecule has 4 aromatic rings. The van der Waals surface area contributed by atoms with E-state index in [1.807, 2.05) is 115 Å². The van der Waals surface area contributed by atoms with Crippen molar-refractivity contribution < 1.29 is 23.9 Å². The Morgan fingerprint density at radius 3 is 2.02 bits per heavy atom. The van der Waals surface area contributed by atoms with E-state index >= 15 is 0 Å². The second-order valence-corrected chi connectivity index (χ2v) is 10.3. The smallest absolute Gasteiger partial charge is 0.336 e. The van der Waals surface area contributed by atoms with Gasteiger partial charge in [0.2, 0.25) is 11.8 Å². The molecule has 0 saturated heterocycles. The maximum Gasteiger partial charge on any atom is 0.336 e. The van der Waals surface area contributed by atoms with E-state index in [0.717, 1.165) is 16.7 Å². The number of hydrogen-bond donors (Lipinski definition) is 1. The average molecular weight is 575 g/mol. The van der Waals surface area contributed by atoms with Crippen molar-refractivity contribution >= 4 is 17.8 Å². The molecule has 43 heavy (non-hydrogen) atoms. The quantitative estimate of drug-likeness (QED) is 0.218. The van der Waals surface area contributed by atoms with E-state index in [0.29, 0.717) is 22.8 Å². The number of nitrogens with one attached hydrogen (secondary N) is 1. The minimum atomic E-state index is -0.549. The molecule has 0 spiro atoms.